The third-order valence-corrected chi connectivity index (χ3v) is 6.37. The van der Waals surface area contributed by atoms with E-state index in [0.717, 1.165) is 5.57 Å². The molecule has 2 heteroatoms. The summed E-state index contributed by atoms with van der Waals surface area (Å²) in [4.78, 5) is 0. The van der Waals surface area contributed by atoms with Crippen molar-refractivity contribution in [3.05, 3.63) is 72.3 Å². The van der Waals surface area contributed by atoms with Gasteiger partial charge in [-0.05, 0) is 48.8 Å². The van der Waals surface area contributed by atoms with E-state index in [2.05, 4.69) is 69.9 Å². The molecule has 0 unspecified atom stereocenters. The van der Waals surface area contributed by atoms with Gasteiger partial charge in [-0.1, -0.05) is 61.2 Å². The second-order valence-electron chi connectivity index (χ2n) is 6.10. The molecule has 0 spiro atoms. The molecule has 0 saturated carbocycles. The van der Waals surface area contributed by atoms with Gasteiger partial charge in [0, 0.05) is 6.10 Å². The van der Waals surface area contributed by atoms with Crippen molar-refractivity contribution in [2.24, 2.45) is 0 Å². The van der Waals surface area contributed by atoms with Crippen LogP contribution in [0.4, 0.5) is 0 Å². The third-order valence-electron chi connectivity index (χ3n) is 3.58. The largest absolute Gasteiger partial charge is 0.411 e. The minimum Gasteiger partial charge on any atom is -0.411 e. The average Bonchev–Trinajstić information content (AvgIpc) is 2.46. The van der Waals surface area contributed by atoms with Gasteiger partial charge in [0.1, 0.15) is 0 Å². The highest BCUT2D eigenvalue weighted by Gasteiger charge is 2.26. The molecule has 2 aromatic rings. The molecule has 0 fully saturated rings. The Balaban J connectivity index is 2.21. The average molecular weight is 296 g/mol. The zero-order valence-electron chi connectivity index (χ0n) is 13.4. The molecule has 21 heavy (non-hydrogen) atoms. The summed E-state index contributed by atoms with van der Waals surface area (Å²) in [7, 11) is -1.81. The van der Waals surface area contributed by atoms with Crippen LogP contribution in [0.2, 0.25) is 13.1 Å². The van der Waals surface area contributed by atoms with E-state index in [4.69, 9.17) is 4.43 Å². The Bertz CT molecular complexity index is 597. The zero-order chi connectivity index (χ0) is 15.5. The predicted molar refractivity (Wildman–Crippen MR) is 94.4 cm³/mol. The molecule has 0 saturated heterocycles. The fourth-order valence-corrected chi connectivity index (χ4v) is 4.82. The van der Waals surface area contributed by atoms with Crippen LogP contribution in [0, 0.1) is 0 Å². The molecule has 0 bridgehead atoms. The highest BCUT2D eigenvalue weighted by atomic mass is 28.4. The van der Waals surface area contributed by atoms with E-state index >= 15 is 0 Å². The van der Waals surface area contributed by atoms with Crippen LogP contribution in [0.15, 0.2) is 61.2 Å². The highest BCUT2D eigenvalue weighted by Crippen LogP contribution is 2.21. The topological polar surface area (TPSA) is 9.23 Å². The summed E-state index contributed by atoms with van der Waals surface area (Å²) in [5.41, 5.74) is 3.39. The quantitative estimate of drug-likeness (QED) is 0.734. The van der Waals surface area contributed by atoms with Crippen molar-refractivity contribution in [1.29, 1.82) is 0 Å². The number of rotatable bonds is 5. The molecule has 0 radical (unpaired) electrons. The summed E-state index contributed by atoms with van der Waals surface area (Å²) in [6, 6.07) is 19.0. The van der Waals surface area contributed by atoms with Crippen LogP contribution in [-0.4, -0.2) is 14.4 Å². The summed E-state index contributed by atoms with van der Waals surface area (Å²) in [5.74, 6) is 0. The van der Waals surface area contributed by atoms with Gasteiger partial charge in [-0.15, -0.1) is 0 Å². The molecule has 0 aliphatic heterocycles. The van der Waals surface area contributed by atoms with E-state index in [1.54, 1.807) is 0 Å². The maximum Gasteiger partial charge on any atom is 0.218 e. The Hall–Kier alpha value is -1.64. The molecule has 1 nitrogen and oxygen atoms in total. The predicted octanol–water partition coefficient (Wildman–Crippen LogP) is 4.59. The van der Waals surface area contributed by atoms with Crippen LogP contribution in [0.1, 0.15) is 25.0 Å². The first-order valence-corrected chi connectivity index (χ1v) is 10.3. The highest BCUT2D eigenvalue weighted by molar-refractivity contribution is 6.84. The Labute approximate surface area is 129 Å². The van der Waals surface area contributed by atoms with Crippen molar-refractivity contribution in [1.82, 2.24) is 0 Å². The van der Waals surface area contributed by atoms with Gasteiger partial charge >= 0.3 is 0 Å². The molecule has 2 aromatic carbocycles. The van der Waals surface area contributed by atoms with Gasteiger partial charge in [-0.3, -0.25) is 0 Å². The van der Waals surface area contributed by atoms with E-state index < -0.39 is 8.32 Å². The molecular formula is C19H24OSi. The lowest BCUT2D eigenvalue weighted by atomic mass is 10.00. The molecule has 0 aromatic heterocycles. The lowest BCUT2D eigenvalue weighted by Crippen LogP contribution is -2.46. The summed E-state index contributed by atoms with van der Waals surface area (Å²) in [6.45, 7) is 12.9. The maximum absolute atomic E-state index is 6.13. The standard InChI is InChI=1S/C19H24OSi/c1-15(2)20-21(4,5)19-13-11-18(12-14-19)16(3)17-9-7-6-8-10-17/h6-15H,3H2,1-2,4-5H3. The molecular weight excluding hydrogens is 272 g/mol. The molecule has 0 aliphatic rings. The Morgan fingerprint density at radius 3 is 1.95 bits per heavy atom. The van der Waals surface area contributed by atoms with Gasteiger partial charge in [-0.2, -0.15) is 0 Å². The molecule has 0 aliphatic carbocycles. The van der Waals surface area contributed by atoms with Crippen molar-refractivity contribution in [3.8, 4) is 0 Å². The van der Waals surface area contributed by atoms with Crippen molar-refractivity contribution in [2.75, 3.05) is 0 Å². The molecule has 0 heterocycles. The van der Waals surface area contributed by atoms with Crippen LogP contribution in [0.5, 0.6) is 0 Å². The molecule has 0 atom stereocenters. The smallest absolute Gasteiger partial charge is 0.218 e. The second kappa shape index (κ2) is 6.42. The van der Waals surface area contributed by atoms with Crippen LogP contribution in [0.25, 0.3) is 5.57 Å². The minimum absolute atomic E-state index is 0.269. The summed E-state index contributed by atoms with van der Waals surface area (Å²) >= 11 is 0. The van der Waals surface area contributed by atoms with Gasteiger partial charge in [0.25, 0.3) is 0 Å². The number of hydrogen-bond acceptors (Lipinski definition) is 1. The van der Waals surface area contributed by atoms with Crippen LogP contribution >= 0.6 is 0 Å². The third kappa shape index (κ3) is 3.93. The first kappa shape index (κ1) is 15.7. The summed E-state index contributed by atoms with van der Waals surface area (Å²) in [5, 5.41) is 1.32. The fourth-order valence-electron chi connectivity index (χ4n) is 2.54. The van der Waals surface area contributed by atoms with Crippen molar-refractivity contribution < 1.29 is 4.43 Å². The van der Waals surface area contributed by atoms with Gasteiger partial charge in [0.15, 0.2) is 0 Å². The normalized spacial score (nSPS) is 11.7. The Kier molecular flexibility index (Phi) is 4.81. The van der Waals surface area contributed by atoms with Crippen LogP contribution < -0.4 is 5.19 Å². The van der Waals surface area contributed by atoms with Crippen LogP contribution in [0.3, 0.4) is 0 Å². The van der Waals surface area contributed by atoms with E-state index in [1.807, 2.05) is 18.2 Å². The molecule has 0 N–H and O–H groups in total. The van der Waals surface area contributed by atoms with E-state index in [9.17, 15) is 0 Å². The van der Waals surface area contributed by atoms with Crippen LogP contribution in [-0.2, 0) is 4.43 Å². The number of benzene rings is 2. The second-order valence-corrected chi connectivity index (χ2v) is 9.93. The maximum atomic E-state index is 6.13. The monoisotopic (exact) mass is 296 g/mol. The fraction of sp³-hybridized carbons (Fsp3) is 0.263. The lowest BCUT2D eigenvalue weighted by molar-refractivity contribution is 0.238. The first-order valence-electron chi connectivity index (χ1n) is 7.43. The van der Waals surface area contributed by atoms with Gasteiger partial charge in [-0.25, -0.2) is 0 Å². The van der Waals surface area contributed by atoms with Crippen molar-refractivity contribution in [2.45, 2.75) is 33.0 Å². The SMILES string of the molecule is C=C(c1ccccc1)c1ccc([Si](C)(C)OC(C)C)cc1. The van der Waals surface area contributed by atoms with Gasteiger partial charge < -0.3 is 4.43 Å². The van der Waals surface area contributed by atoms with Gasteiger partial charge in [0.05, 0.1) is 0 Å². The minimum atomic E-state index is -1.81. The first-order chi connectivity index (χ1) is 9.90. The van der Waals surface area contributed by atoms with Gasteiger partial charge in [0.2, 0.25) is 8.32 Å². The molecule has 110 valence electrons. The van der Waals surface area contributed by atoms with E-state index in [-0.39, 0.29) is 6.10 Å². The molecule has 2 rings (SSSR count). The van der Waals surface area contributed by atoms with Crippen molar-refractivity contribution in [3.63, 3.8) is 0 Å². The van der Waals surface area contributed by atoms with E-state index in [0.29, 0.717) is 0 Å². The molecule has 0 amide bonds. The zero-order valence-corrected chi connectivity index (χ0v) is 14.4. The lowest BCUT2D eigenvalue weighted by Gasteiger charge is -2.26. The Morgan fingerprint density at radius 1 is 0.905 bits per heavy atom. The van der Waals surface area contributed by atoms with E-state index in [1.165, 1.54) is 16.3 Å². The van der Waals surface area contributed by atoms with Crippen molar-refractivity contribution >= 4 is 19.1 Å². The summed E-state index contributed by atoms with van der Waals surface area (Å²) < 4.78 is 6.13. The summed E-state index contributed by atoms with van der Waals surface area (Å²) in [6.07, 6.45) is 0.269. The Morgan fingerprint density at radius 2 is 1.43 bits per heavy atom. The number of hydrogen-bond donors (Lipinski definition) is 0.